The Morgan fingerprint density at radius 2 is 1.81 bits per heavy atom. The molecule has 1 aliphatic rings. The van der Waals surface area contributed by atoms with Crippen molar-refractivity contribution in [3.8, 4) is 11.8 Å². The molecule has 176 valence electrons. The van der Waals surface area contributed by atoms with E-state index in [9.17, 15) is 18.3 Å². The van der Waals surface area contributed by atoms with Crippen LogP contribution in [0.4, 0.5) is 13.2 Å². The molecule has 3 nitrogen and oxygen atoms in total. The third kappa shape index (κ3) is 6.40. The van der Waals surface area contributed by atoms with Gasteiger partial charge in [0.2, 0.25) is 0 Å². The van der Waals surface area contributed by atoms with Gasteiger partial charge in [0.05, 0.1) is 18.2 Å². The van der Waals surface area contributed by atoms with E-state index in [2.05, 4.69) is 0 Å². The topological polar surface area (TPSA) is 53.2 Å². The van der Waals surface area contributed by atoms with Gasteiger partial charge in [-0.05, 0) is 41.2 Å². The zero-order chi connectivity index (χ0) is 24.5. The van der Waals surface area contributed by atoms with Crippen molar-refractivity contribution in [3.63, 3.8) is 0 Å². The summed E-state index contributed by atoms with van der Waals surface area (Å²) in [6, 6.07) is 11.3. The predicted octanol–water partition coefficient (Wildman–Crippen LogP) is 7.23. The number of alkyl halides is 3. The van der Waals surface area contributed by atoms with Crippen LogP contribution in [0.2, 0.25) is 5.02 Å². The number of fused-ring (bicyclic) bond motifs is 1. The molecule has 0 bridgehead atoms. The van der Waals surface area contributed by atoms with Crippen LogP contribution < -0.4 is 4.74 Å². The second kappa shape index (κ2) is 12.1. The Morgan fingerprint density at radius 3 is 2.38 bits per heavy atom. The van der Waals surface area contributed by atoms with E-state index in [0.717, 1.165) is 12.0 Å². The molecular weight excluding hydrogens is 439 g/mol. The summed E-state index contributed by atoms with van der Waals surface area (Å²) in [5.41, 5.74) is -0.957. The highest BCUT2D eigenvalue weighted by atomic mass is 35.5. The maximum atomic E-state index is 13.8. The number of hydrogen-bond donors (Lipinski definition) is 1. The van der Waals surface area contributed by atoms with E-state index in [4.69, 9.17) is 21.6 Å². The maximum absolute atomic E-state index is 13.8. The van der Waals surface area contributed by atoms with Crippen LogP contribution in [-0.4, -0.2) is 23.5 Å². The summed E-state index contributed by atoms with van der Waals surface area (Å²) >= 11 is 6.05. The normalized spacial score (nSPS) is 14.9. The first-order valence-corrected chi connectivity index (χ1v) is 11.2. The van der Waals surface area contributed by atoms with E-state index in [-0.39, 0.29) is 16.1 Å². The average Bonchev–Trinajstić information content (AvgIpc) is 3.26. The standard InChI is InChI=1S/C21H19ClF3NO2.2C2H6/c1-13(17-4-2-3-15-7-8-28-19(15)17)10-20(27,21(23,24)25)11-16-6-5-14(12-26)9-18(16)22;2*1-2/h2-6,9,13,27H,7-8,10-11H2,1H3;2*1-2H3. The minimum atomic E-state index is -4.85. The molecule has 2 aromatic carbocycles. The molecule has 32 heavy (non-hydrogen) atoms. The van der Waals surface area contributed by atoms with Crippen molar-refractivity contribution in [1.82, 2.24) is 0 Å². The Morgan fingerprint density at radius 1 is 1.16 bits per heavy atom. The second-order valence-corrected chi connectivity index (χ2v) is 7.57. The summed E-state index contributed by atoms with van der Waals surface area (Å²) < 4.78 is 47.1. The minimum absolute atomic E-state index is 0.0262. The van der Waals surface area contributed by atoms with Crippen molar-refractivity contribution < 1.29 is 23.0 Å². The quantitative estimate of drug-likeness (QED) is 0.502. The molecule has 0 saturated carbocycles. The van der Waals surface area contributed by atoms with Crippen molar-refractivity contribution in [2.75, 3.05) is 6.61 Å². The van der Waals surface area contributed by atoms with Gasteiger partial charge in [-0.3, -0.25) is 0 Å². The second-order valence-electron chi connectivity index (χ2n) is 7.16. The summed E-state index contributed by atoms with van der Waals surface area (Å²) in [6.45, 7) is 10.2. The molecule has 2 aromatic rings. The molecule has 0 saturated heterocycles. The SMILES string of the molecule is CC.CC.CC(CC(O)(Cc1ccc(C#N)cc1Cl)C(F)(F)F)c1cccc2c1OCC2. The van der Waals surface area contributed by atoms with Crippen LogP contribution in [0, 0.1) is 11.3 Å². The first-order valence-electron chi connectivity index (χ1n) is 10.9. The number of nitrogens with zero attached hydrogens (tertiary/aromatic N) is 1. The van der Waals surface area contributed by atoms with Crippen LogP contribution >= 0.6 is 11.6 Å². The molecule has 0 aliphatic carbocycles. The fourth-order valence-electron chi connectivity index (χ4n) is 3.61. The predicted molar refractivity (Wildman–Crippen MR) is 122 cm³/mol. The van der Waals surface area contributed by atoms with Gasteiger partial charge in [0.15, 0.2) is 5.60 Å². The van der Waals surface area contributed by atoms with Crippen molar-refractivity contribution in [1.29, 1.82) is 5.26 Å². The Kier molecular flexibility index (Phi) is 10.5. The summed E-state index contributed by atoms with van der Waals surface area (Å²) in [6.07, 6.45) is -5.36. The molecule has 0 aromatic heterocycles. The van der Waals surface area contributed by atoms with Gasteiger partial charge < -0.3 is 9.84 Å². The summed E-state index contributed by atoms with van der Waals surface area (Å²) in [5, 5.41) is 19.6. The Bertz CT molecular complexity index is 924. The Balaban J connectivity index is 0.00000121. The van der Waals surface area contributed by atoms with Crippen LogP contribution in [0.25, 0.3) is 0 Å². The molecule has 2 unspecified atom stereocenters. The van der Waals surface area contributed by atoms with Crippen molar-refractivity contribution >= 4 is 11.6 Å². The molecule has 1 N–H and O–H groups in total. The zero-order valence-corrected chi connectivity index (χ0v) is 19.9. The molecule has 7 heteroatoms. The average molecular weight is 470 g/mol. The largest absolute Gasteiger partial charge is 0.493 e. The third-order valence-electron chi connectivity index (χ3n) is 5.11. The van der Waals surface area contributed by atoms with Crippen LogP contribution in [0.15, 0.2) is 36.4 Å². The molecule has 1 aliphatic heterocycles. The van der Waals surface area contributed by atoms with Gasteiger partial charge in [-0.1, -0.05) is 70.5 Å². The van der Waals surface area contributed by atoms with Crippen LogP contribution in [-0.2, 0) is 12.8 Å². The summed E-state index contributed by atoms with van der Waals surface area (Å²) in [7, 11) is 0. The monoisotopic (exact) mass is 469 g/mol. The highest BCUT2D eigenvalue weighted by Crippen LogP contribution is 2.44. The number of benzene rings is 2. The molecule has 0 fully saturated rings. The Labute approximate surface area is 193 Å². The fourth-order valence-corrected chi connectivity index (χ4v) is 3.86. The third-order valence-corrected chi connectivity index (χ3v) is 5.46. The summed E-state index contributed by atoms with van der Waals surface area (Å²) in [4.78, 5) is 0. The maximum Gasteiger partial charge on any atom is 0.417 e. The number of para-hydroxylation sites is 1. The van der Waals surface area contributed by atoms with Crippen molar-refractivity contribution in [3.05, 3.63) is 63.7 Å². The number of hydrogen-bond acceptors (Lipinski definition) is 3. The van der Waals surface area contributed by atoms with Gasteiger partial charge in [0.25, 0.3) is 0 Å². The van der Waals surface area contributed by atoms with E-state index in [1.807, 2.05) is 39.8 Å². The number of ether oxygens (including phenoxy) is 1. The molecule has 0 amide bonds. The molecule has 0 spiro atoms. The highest BCUT2D eigenvalue weighted by Gasteiger charge is 2.54. The first kappa shape index (κ1) is 27.8. The van der Waals surface area contributed by atoms with Crippen LogP contribution in [0.1, 0.15) is 69.2 Å². The van der Waals surface area contributed by atoms with Crippen LogP contribution in [0.5, 0.6) is 5.75 Å². The molecule has 1 heterocycles. The lowest BCUT2D eigenvalue weighted by atomic mass is 9.82. The van der Waals surface area contributed by atoms with E-state index >= 15 is 0 Å². The lowest BCUT2D eigenvalue weighted by Gasteiger charge is -2.33. The van der Waals surface area contributed by atoms with E-state index < -0.39 is 30.5 Å². The van der Waals surface area contributed by atoms with Gasteiger partial charge >= 0.3 is 6.18 Å². The summed E-state index contributed by atoms with van der Waals surface area (Å²) in [5.74, 6) is 0.0350. The molecule has 3 rings (SSSR count). The van der Waals surface area contributed by atoms with Gasteiger partial charge in [0.1, 0.15) is 5.75 Å². The van der Waals surface area contributed by atoms with E-state index in [1.165, 1.54) is 18.2 Å². The van der Waals surface area contributed by atoms with Crippen molar-refractivity contribution in [2.24, 2.45) is 0 Å². The van der Waals surface area contributed by atoms with E-state index in [0.29, 0.717) is 17.9 Å². The van der Waals surface area contributed by atoms with Gasteiger partial charge in [-0.2, -0.15) is 18.4 Å². The van der Waals surface area contributed by atoms with Gasteiger partial charge in [0, 0.05) is 17.9 Å². The number of aliphatic hydroxyl groups is 1. The number of nitriles is 1. The Hall–Kier alpha value is -2.23. The van der Waals surface area contributed by atoms with Gasteiger partial charge in [-0.25, -0.2) is 0 Å². The zero-order valence-electron chi connectivity index (χ0n) is 19.2. The molecule has 0 radical (unpaired) electrons. The lowest BCUT2D eigenvalue weighted by Crippen LogP contribution is -2.48. The van der Waals surface area contributed by atoms with Crippen molar-refractivity contribution in [2.45, 2.75) is 71.6 Å². The van der Waals surface area contributed by atoms with Gasteiger partial charge in [-0.15, -0.1) is 0 Å². The first-order chi connectivity index (χ1) is 15.1. The molecular formula is C25H31ClF3NO2. The minimum Gasteiger partial charge on any atom is -0.493 e. The highest BCUT2D eigenvalue weighted by molar-refractivity contribution is 6.31. The fraction of sp³-hybridized carbons (Fsp3) is 0.480. The van der Waals surface area contributed by atoms with E-state index in [1.54, 1.807) is 19.1 Å². The smallest absolute Gasteiger partial charge is 0.417 e. The number of rotatable bonds is 5. The lowest BCUT2D eigenvalue weighted by molar-refractivity contribution is -0.263. The van der Waals surface area contributed by atoms with Crippen LogP contribution in [0.3, 0.4) is 0 Å². The number of halogens is 4. The molecule has 2 atom stereocenters.